The fourth-order valence-electron chi connectivity index (χ4n) is 0.818. The number of benzene rings is 1. The molecule has 1 radical (unpaired) electrons. The molecule has 0 aliphatic heterocycles. The molecule has 0 spiro atoms. The molecule has 0 aliphatic rings. The van der Waals surface area contributed by atoms with E-state index in [4.69, 9.17) is 0 Å². The summed E-state index contributed by atoms with van der Waals surface area (Å²) in [5.41, 5.74) is 1.28. The Hall–Kier alpha value is -0.300. The van der Waals surface area contributed by atoms with Crippen LogP contribution in [0.3, 0.4) is 0 Å². The first-order valence-corrected chi connectivity index (χ1v) is 3.65. The Morgan fingerprint density at radius 1 is 1.18 bits per heavy atom. The smallest absolute Gasteiger partial charge is 0 e. The van der Waals surface area contributed by atoms with E-state index in [1.54, 1.807) is 0 Å². The molecule has 0 nitrogen and oxygen atoms in total. The maximum atomic E-state index is 2.16. The van der Waals surface area contributed by atoms with Gasteiger partial charge in [0, 0.05) is 22.4 Å². The summed E-state index contributed by atoms with van der Waals surface area (Å²) >= 11 is 0. The summed E-state index contributed by atoms with van der Waals surface area (Å²) < 4.78 is 0. The molecule has 0 bridgehead atoms. The molecular weight excluding hydrogens is 228 g/mol. The molecule has 0 amide bonds. The SMILES string of the molecule is CCC=Cc1ccccc1.[Ag]. The van der Waals surface area contributed by atoms with Gasteiger partial charge >= 0.3 is 0 Å². The van der Waals surface area contributed by atoms with Gasteiger partial charge in [-0.15, -0.1) is 0 Å². The first kappa shape index (κ1) is 10.7. The summed E-state index contributed by atoms with van der Waals surface area (Å²) in [6.07, 6.45) is 5.41. The maximum absolute atomic E-state index is 2.16. The molecule has 0 saturated heterocycles. The zero-order valence-electron chi connectivity index (χ0n) is 6.55. The Bertz CT molecular complexity index is 201. The minimum absolute atomic E-state index is 0. The zero-order chi connectivity index (χ0) is 7.23. The van der Waals surface area contributed by atoms with Gasteiger partial charge in [0.25, 0.3) is 0 Å². The van der Waals surface area contributed by atoms with Gasteiger partial charge < -0.3 is 0 Å². The van der Waals surface area contributed by atoms with Crippen molar-refractivity contribution in [2.24, 2.45) is 0 Å². The fraction of sp³-hybridized carbons (Fsp3) is 0.200. The van der Waals surface area contributed by atoms with Crippen LogP contribution in [-0.4, -0.2) is 0 Å². The molecule has 1 aromatic rings. The van der Waals surface area contributed by atoms with Crippen molar-refractivity contribution >= 4 is 6.08 Å². The van der Waals surface area contributed by atoms with Crippen LogP contribution in [0.2, 0.25) is 0 Å². The van der Waals surface area contributed by atoms with Crippen LogP contribution in [0.4, 0.5) is 0 Å². The molecule has 0 saturated carbocycles. The predicted molar refractivity (Wildman–Crippen MR) is 45.8 cm³/mol. The van der Waals surface area contributed by atoms with Gasteiger partial charge in [-0.2, -0.15) is 0 Å². The van der Waals surface area contributed by atoms with Gasteiger partial charge in [-0.05, 0) is 12.0 Å². The molecule has 1 aromatic carbocycles. The van der Waals surface area contributed by atoms with E-state index in [1.165, 1.54) is 5.56 Å². The van der Waals surface area contributed by atoms with Crippen molar-refractivity contribution in [3.63, 3.8) is 0 Å². The van der Waals surface area contributed by atoms with Crippen LogP contribution in [0, 0.1) is 0 Å². The third kappa shape index (κ3) is 4.20. The van der Waals surface area contributed by atoms with E-state index in [9.17, 15) is 0 Å². The van der Waals surface area contributed by atoms with E-state index >= 15 is 0 Å². The summed E-state index contributed by atoms with van der Waals surface area (Å²) in [6, 6.07) is 10.3. The molecule has 63 valence electrons. The van der Waals surface area contributed by atoms with Crippen LogP contribution in [0.1, 0.15) is 18.9 Å². The Morgan fingerprint density at radius 3 is 2.36 bits per heavy atom. The number of hydrogen-bond acceptors (Lipinski definition) is 0. The largest absolute Gasteiger partial charge is 0.0842 e. The van der Waals surface area contributed by atoms with Crippen LogP contribution < -0.4 is 0 Å². The monoisotopic (exact) mass is 239 g/mol. The molecule has 0 aliphatic carbocycles. The number of rotatable bonds is 2. The Morgan fingerprint density at radius 2 is 1.82 bits per heavy atom. The van der Waals surface area contributed by atoms with E-state index in [0.717, 1.165) is 6.42 Å². The second-order valence-corrected chi connectivity index (χ2v) is 2.22. The molecule has 1 heteroatoms. The second-order valence-electron chi connectivity index (χ2n) is 2.22. The summed E-state index contributed by atoms with van der Waals surface area (Å²) in [5, 5.41) is 0. The standard InChI is InChI=1S/C10H12.Ag/c1-2-3-7-10-8-5-4-6-9-10;/h3-9H,2H2,1H3;. The average molecular weight is 240 g/mol. The quantitative estimate of drug-likeness (QED) is 0.696. The van der Waals surface area contributed by atoms with Crippen LogP contribution in [0.15, 0.2) is 36.4 Å². The van der Waals surface area contributed by atoms with Crippen LogP contribution >= 0.6 is 0 Å². The van der Waals surface area contributed by atoms with E-state index < -0.39 is 0 Å². The first-order valence-electron chi connectivity index (χ1n) is 3.65. The minimum Gasteiger partial charge on any atom is -0.0842 e. The molecule has 0 heterocycles. The van der Waals surface area contributed by atoms with E-state index in [-0.39, 0.29) is 22.4 Å². The van der Waals surface area contributed by atoms with E-state index in [1.807, 2.05) is 6.07 Å². The second kappa shape index (κ2) is 6.41. The third-order valence-corrected chi connectivity index (χ3v) is 1.35. The van der Waals surface area contributed by atoms with Gasteiger partial charge in [-0.3, -0.25) is 0 Å². The topological polar surface area (TPSA) is 0 Å². The van der Waals surface area contributed by atoms with E-state index in [2.05, 4.69) is 43.3 Å². The number of allylic oxidation sites excluding steroid dienone is 1. The summed E-state index contributed by atoms with van der Waals surface area (Å²) in [5.74, 6) is 0. The third-order valence-electron chi connectivity index (χ3n) is 1.35. The average Bonchev–Trinajstić information content (AvgIpc) is 2.03. The molecule has 0 fully saturated rings. The zero-order valence-corrected chi connectivity index (χ0v) is 8.03. The van der Waals surface area contributed by atoms with E-state index in [0.29, 0.717) is 0 Å². The van der Waals surface area contributed by atoms with Crippen LogP contribution in [0.25, 0.3) is 6.08 Å². The molecule has 1 rings (SSSR count). The Kier molecular flexibility index (Phi) is 6.24. The molecule has 11 heavy (non-hydrogen) atoms. The van der Waals surface area contributed by atoms with Gasteiger partial charge in [0.15, 0.2) is 0 Å². The summed E-state index contributed by atoms with van der Waals surface area (Å²) in [7, 11) is 0. The normalized spacial score (nSPS) is 9.55. The van der Waals surface area contributed by atoms with Crippen molar-refractivity contribution in [3.05, 3.63) is 42.0 Å². The molecular formula is C10H12Ag. The summed E-state index contributed by atoms with van der Waals surface area (Å²) in [4.78, 5) is 0. The molecule has 0 unspecified atom stereocenters. The van der Waals surface area contributed by atoms with Crippen molar-refractivity contribution in [3.8, 4) is 0 Å². The number of hydrogen-bond donors (Lipinski definition) is 0. The van der Waals surface area contributed by atoms with Crippen molar-refractivity contribution in [1.29, 1.82) is 0 Å². The summed E-state index contributed by atoms with van der Waals surface area (Å²) in [6.45, 7) is 2.14. The van der Waals surface area contributed by atoms with Gasteiger partial charge in [0.2, 0.25) is 0 Å². The fourth-order valence-corrected chi connectivity index (χ4v) is 0.818. The molecule has 0 atom stereocenters. The Labute approximate surface area is 83.8 Å². The van der Waals surface area contributed by atoms with Crippen LogP contribution in [-0.2, 0) is 22.4 Å². The Balaban J connectivity index is 0.000001000. The van der Waals surface area contributed by atoms with Gasteiger partial charge in [-0.25, -0.2) is 0 Å². The minimum atomic E-state index is 0. The predicted octanol–water partition coefficient (Wildman–Crippen LogP) is 3.11. The first-order chi connectivity index (χ1) is 4.93. The van der Waals surface area contributed by atoms with Crippen molar-refractivity contribution in [1.82, 2.24) is 0 Å². The van der Waals surface area contributed by atoms with Gasteiger partial charge in [-0.1, -0.05) is 49.4 Å². The maximum Gasteiger partial charge on any atom is 0 e. The van der Waals surface area contributed by atoms with Crippen molar-refractivity contribution in [2.45, 2.75) is 13.3 Å². The molecule has 0 aromatic heterocycles. The van der Waals surface area contributed by atoms with Crippen LogP contribution in [0.5, 0.6) is 0 Å². The van der Waals surface area contributed by atoms with Crippen molar-refractivity contribution in [2.75, 3.05) is 0 Å². The van der Waals surface area contributed by atoms with Gasteiger partial charge in [0.05, 0.1) is 0 Å². The van der Waals surface area contributed by atoms with Gasteiger partial charge in [0.1, 0.15) is 0 Å². The molecule has 0 N–H and O–H groups in total. The van der Waals surface area contributed by atoms with Crippen molar-refractivity contribution < 1.29 is 22.4 Å².